The zero-order valence-corrected chi connectivity index (χ0v) is 13.4. The predicted molar refractivity (Wildman–Crippen MR) is 90.6 cm³/mol. The second kappa shape index (κ2) is 6.24. The van der Waals surface area contributed by atoms with Crippen LogP contribution in [-0.2, 0) is 4.79 Å². The molecule has 23 heavy (non-hydrogen) atoms. The average molecular weight is 308 g/mol. The molecule has 0 saturated carbocycles. The third-order valence-electron chi connectivity index (χ3n) is 4.09. The number of benzene rings is 2. The summed E-state index contributed by atoms with van der Waals surface area (Å²) in [5.41, 5.74) is 3.71. The maximum absolute atomic E-state index is 12.3. The Labute approximate surface area is 136 Å². The first kappa shape index (κ1) is 15.3. The van der Waals surface area contributed by atoms with Crippen molar-refractivity contribution in [3.8, 4) is 0 Å². The third-order valence-corrected chi connectivity index (χ3v) is 4.09. The molecule has 0 radical (unpaired) electrons. The molecule has 1 saturated heterocycles. The van der Waals surface area contributed by atoms with Gasteiger partial charge in [0.2, 0.25) is 5.91 Å². The quantitative estimate of drug-likeness (QED) is 0.948. The highest BCUT2D eigenvalue weighted by Gasteiger charge is 2.31. The zero-order valence-electron chi connectivity index (χ0n) is 13.4. The number of amides is 2. The maximum atomic E-state index is 12.3. The number of hydrogen-bond donors (Lipinski definition) is 1. The topological polar surface area (TPSA) is 49.4 Å². The Morgan fingerprint density at radius 1 is 1.09 bits per heavy atom. The smallest absolute Gasteiger partial charge is 0.251 e. The van der Waals surface area contributed by atoms with Crippen LogP contribution in [0.1, 0.15) is 27.9 Å². The van der Waals surface area contributed by atoms with Gasteiger partial charge in [0.15, 0.2) is 0 Å². The molecule has 1 fully saturated rings. The molecule has 2 aromatic rings. The summed E-state index contributed by atoms with van der Waals surface area (Å²) >= 11 is 0. The predicted octanol–water partition coefficient (Wildman–Crippen LogP) is 2.84. The molecule has 1 aliphatic heterocycles. The number of carbonyl (C=O) groups excluding carboxylic acids is 2. The van der Waals surface area contributed by atoms with Crippen molar-refractivity contribution in [3.05, 3.63) is 65.2 Å². The van der Waals surface area contributed by atoms with Crippen LogP contribution in [0.25, 0.3) is 0 Å². The molecule has 0 aliphatic carbocycles. The fourth-order valence-corrected chi connectivity index (χ4v) is 2.83. The van der Waals surface area contributed by atoms with Gasteiger partial charge < -0.3 is 10.2 Å². The number of rotatable bonds is 3. The summed E-state index contributed by atoms with van der Waals surface area (Å²) < 4.78 is 0. The van der Waals surface area contributed by atoms with Crippen molar-refractivity contribution >= 4 is 17.5 Å². The minimum Gasteiger partial charge on any atom is -0.347 e. The molecule has 1 atom stereocenters. The van der Waals surface area contributed by atoms with Crippen molar-refractivity contribution in [2.75, 3.05) is 11.4 Å². The van der Waals surface area contributed by atoms with Gasteiger partial charge in [-0.15, -0.1) is 0 Å². The molecule has 1 aliphatic rings. The average Bonchev–Trinajstić information content (AvgIpc) is 2.88. The van der Waals surface area contributed by atoms with Crippen LogP contribution >= 0.6 is 0 Å². The minimum atomic E-state index is -0.156. The van der Waals surface area contributed by atoms with Gasteiger partial charge in [0.25, 0.3) is 5.91 Å². The molecule has 0 spiro atoms. The Balaban J connectivity index is 1.68. The van der Waals surface area contributed by atoms with E-state index in [4.69, 9.17) is 0 Å². The van der Waals surface area contributed by atoms with Crippen LogP contribution in [0, 0.1) is 13.8 Å². The SMILES string of the molecule is Cc1ccc(N2C[C@@H](NC(=O)c3cccc(C)c3)CC2=O)cc1. The molecular formula is C19H20N2O2. The normalized spacial score (nSPS) is 17.4. The van der Waals surface area contributed by atoms with Crippen LogP contribution in [0.2, 0.25) is 0 Å². The van der Waals surface area contributed by atoms with Gasteiger partial charge in [0.05, 0.1) is 6.04 Å². The summed E-state index contributed by atoms with van der Waals surface area (Å²) in [5, 5.41) is 2.96. The van der Waals surface area contributed by atoms with E-state index in [9.17, 15) is 9.59 Å². The van der Waals surface area contributed by atoms with Gasteiger partial charge in [-0.05, 0) is 38.1 Å². The van der Waals surface area contributed by atoms with Gasteiger partial charge >= 0.3 is 0 Å². The monoisotopic (exact) mass is 308 g/mol. The van der Waals surface area contributed by atoms with Gasteiger partial charge in [0.1, 0.15) is 0 Å². The molecule has 3 rings (SSSR count). The van der Waals surface area contributed by atoms with E-state index in [1.807, 2.05) is 56.3 Å². The highest BCUT2D eigenvalue weighted by Crippen LogP contribution is 2.22. The molecule has 1 N–H and O–H groups in total. The fourth-order valence-electron chi connectivity index (χ4n) is 2.83. The third kappa shape index (κ3) is 3.42. The lowest BCUT2D eigenvalue weighted by atomic mass is 10.1. The number of aryl methyl sites for hydroxylation is 2. The van der Waals surface area contributed by atoms with Crippen molar-refractivity contribution in [2.45, 2.75) is 26.3 Å². The van der Waals surface area contributed by atoms with Crippen molar-refractivity contribution in [1.82, 2.24) is 5.32 Å². The van der Waals surface area contributed by atoms with E-state index in [0.717, 1.165) is 16.8 Å². The van der Waals surface area contributed by atoms with Gasteiger partial charge in [-0.1, -0.05) is 35.4 Å². The van der Waals surface area contributed by atoms with Crippen molar-refractivity contribution < 1.29 is 9.59 Å². The Bertz CT molecular complexity index is 737. The van der Waals surface area contributed by atoms with E-state index in [0.29, 0.717) is 18.5 Å². The molecular weight excluding hydrogens is 288 g/mol. The van der Waals surface area contributed by atoms with Crippen LogP contribution < -0.4 is 10.2 Å². The Morgan fingerprint density at radius 3 is 2.52 bits per heavy atom. The summed E-state index contributed by atoms with van der Waals surface area (Å²) in [6, 6.07) is 15.2. The lowest BCUT2D eigenvalue weighted by molar-refractivity contribution is -0.117. The van der Waals surface area contributed by atoms with E-state index >= 15 is 0 Å². The van der Waals surface area contributed by atoms with Gasteiger partial charge in [0, 0.05) is 24.2 Å². The highest BCUT2D eigenvalue weighted by atomic mass is 16.2. The number of nitrogens with zero attached hydrogens (tertiary/aromatic N) is 1. The number of anilines is 1. The van der Waals surface area contributed by atoms with Gasteiger partial charge in [-0.25, -0.2) is 0 Å². The van der Waals surface area contributed by atoms with Crippen molar-refractivity contribution in [3.63, 3.8) is 0 Å². The van der Waals surface area contributed by atoms with Crippen molar-refractivity contribution in [2.24, 2.45) is 0 Å². The molecule has 4 heteroatoms. The Hall–Kier alpha value is -2.62. The van der Waals surface area contributed by atoms with Crippen LogP contribution in [0.5, 0.6) is 0 Å². The summed E-state index contributed by atoms with van der Waals surface area (Å²) in [6.07, 6.45) is 0.339. The second-order valence-electron chi connectivity index (χ2n) is 6.08. The standard InChI is InChI=1S/C19H20N2O2/c1-13-6-8-17(9-7-13)21-12-16(11-18(21)22)20-19(23)15-5-3-4-14(2)10-15/h3-10,16H,11-12H2,1-2H3,(H,20,23)/t16-/m0/s1. The lowest BCUT2D eigenvalue weighted by Gasteiger charge is -2.17. The lowest BCUT2D eigenvalue weighted by Crippen LogP contribution is -2.37. The minimum absolute atomic E-state index is 0.0448. The molecule has 0 aromatic heterocycles. The van der Waals surface area contributed by atoms with E-state index in [1.54, 1.807) is 11.0 Å². The second-order valence-corrected chi connectivity index (χ2v) is 6.08. The maximum Gasteiger partial charge on any atom is 0.251 e. The molecule has 2 amide bonds. The largest absolute Gasteiger partial charge is 0.347 e. The number of hydrogen-bond acceptors (Lipinski definition) is 2. The van der Waals surface area contributed by atoms with Crippen molar-refractivity contribution in [1.29, 1.82) is 0 Å². The summed E-state index contributed by atoms with van der Waals surface area (Å²) in [5.74, 6) is -0.0827. The van der Waals surface area contributed by atoms with Gasteiger partial charge in [-0.2, -0.15) is 0 Å². The highest BCUT2D eigenvalue weighted by molar-refractivity contribution is 5.99. The first-order valence-corrected chi connectivity index (χ1v) is 7.77. The summed E-state index contributed by atoms with van der Waals surface area (Å²) in [6.45, 7) is 4.48. The molecule has 4 nitrogen and oxygen atoms in total. The van der Waals surface area contributed by atoms with Gasteiger partial charge in [-0.3, -0.25) is 9.59 Å². The van der Waals surface area contributed by atoms with E-state index < -0.39 is 0 Å². The zero-order chi connectivity index (χ0) is 16.4. The van der Waals surface area contributed by atoms with Crippen LogP contribution in [0.4, 0.5) is 5.69 Å². The van der Waals surface area contributed by atoms with E-state index in [1.165, 1.54) is 0 Å². The molecule has 0 unspecified atom stereocenters. The number of carbonyl (C=O) groups is 2. The molecule has 1 heterocycles. The number of nitrogens with one attached hydrogen (secondary N) is 1. The Kier molecular flexibility index (Phi) is 4.15. The summed E-state index contributed by atoms with van der Waals surface area (Å²) in [4.78, 5) is 26.3. The van der Waals surface area contributed by atoms with Crippen LogP contribution in [0.15, 0.2) is 48.5 Å². The molecule has 2 aromatic carbocycles. The first-order valence-electron chi connectivity index (χ1n) is 7.77. The Morgan fingerprint density at radius 2 is 1.83 bits per heavy atom. The first-order chi connectivity index (χ1) is 11.0. The van der Waals surface area contributed by atoms with E-state index in [2.05, 4.69) is 5.32 Å². The summed E-state index contributed by atoms with van der Waals surface area (Å²) in [7, 11) is 0. The van der Waals surface area contributed by atoms with Crippen LogP contribution in [0.3, 0.4) is 0 Å². The fraction of sp³-hybridized carbons (Fsp3) is 0.263. The van der Waals surface area contributed by atoms with E-state index in [-0.39, 0.29) is 17.9 Å². The molecule has 118 valence electrons. The van der Waals surface area contributed by atoms with Crippen LogP contribution in [-0.4, -0.2) is 24.4 Å². The molecule has 0 bridgehead atoms.